The summed E-state index contributed by atoms with van der Waals surface area (Å²) in [4.78, 5) is 25.2. The van der Waals surface area contributed by atoms with Crippen molar-refractivity contribution in [3.05, 3.63) is 23.8 Å². The largest absolute Gasteiger partial charge is 0.390 e. The number of rotatable bonds is 2. The van der Waals surface area contributed by atoms with Gasteiger partial charge in [-0.2, -0.15) is 0 Å². The number of hydrogen-bond acceptors (Lipinski definition) is 6. The van der Waals surface area contributed by atoms with Crippen LogP contribution in [0.5, 0.6) is 0 Å². The lowest BCUT2D eigenvalue weighted by Crippen LogP contribution is -2.71. The van der Waals surface area contributed by atoms with Crippen LogP contribution < -0.4 is 0 Å². The zero-order valence-electron chi connectivity index (χ0n) is 18.7. The number of carbonyl (C=O) groups is 2. The summed E-state index contributed by atoms with van der Waals surface area (Å²) in [5.41, 5.74) is -5.28. The van der Waals surface area contributed by atoms with Gasteiger partial charge in [0, 0.05) is 16.7 Å². The molecule has 4 fully saturated rings. The highest BCUT2D eigenvalue weighted by Gasteiger charge is 2.80. The molecule has 0 radical (unpaired) electrons. The third kappa shape index (κ3) is 2.39. The number of aliphatic hydroxyl groups is 2. The molecular weight excluding hydrogens is 439 g/mol. The molecule has 1 saturated heterocycles. The van der Waals surface area contributed by atoms with Gasteiger partial charge in [-0.05, 0) is 63.7 Å². The molecule has 1 aliphatic heterocycles. The monoisotopic (exact) mass is 468 g/mol. The molecule has 0 bridgehead atoms. The van der Waals surface area contributed by atoms with E-state index >= 15 is 4.39 Å². The Balaban J connectivity index is 1.66. The van der Waals surface area contributed by atoms with Crippen molar-refractivity contribution in [2.75, 3.05) is 6.61 Å². The molecule has 32 heavy (non-hydrogen) atoms. The Morgan fingerprint density at radius 3 is 2.59 bits per heavy atom. The fourth-order valence-corrected chi connectivity index (χ4v) is 8.40. The first-order valence-corrected chi connectivity index (χ1v) is 11.7. The summed E-state index contributed by atoms with van der Waals surface area (Å²) in [5.74, 6) is -2.87. The Morgan fingerprint density at radius 1 is 1.25 bits per heavy atom. The summed E-state index contributed by atoms with van der Waals surface area (Å²) in [7, 11) is 0. The fourth-order valence-electron chi connectivity index (χ4n) is 7.92. The van der Waals surface area contributed by atoms with Gasteiger partial charge in [-0.3, -0.25) is 9.59 Å². The Bertz CT molecular complexity index is 962. The molecule has 8 heteroatoms. The summed E-state index contributed by atoms with van der Waals surface area (Å²) >= 11 is 6.73. The molecule has 5 aliphatic rings. The normalized spacial score (nSPS) is 53.2. The minimum Gasteiger partial charge on any atom is -0.390 e. The Hall–Kier alpha value is -1.12. The van der Waals surface area contributed by atoms with Gasteiger partial charge in [0.2, 0.25) is 0 Å². The molecule has 2 N–H and O–H groups in total. The lowest BCUT2D eigenvalue weighted by molar-refractivity contribution is -0.246. The number of ketones is 2. The van der Waals surface area contributed by atoms with E-state index in [4.69, 9.17) is 21.1 Å². The zero-order valence-corrected chi connectivity index (χ0v) is 19.5. The number of alkyl halides is 2. The van der Waals surface area contributed by atoms with Crippen LogP contribution in [-0.2, 0) is 19.1 Å². The van der Waals surface area contributed by atoms with Crippen LogP contribution in [0.4, 0.5) is 4.39 Å². The second-order valence-electron chi connectivity index (χ2n) is 11.0. The van der Waals surface area contributed by atoms with Crippen molar-refractivity contribution < 1.29 is 33.7 Å². The van der Waals surface area contributed by atoms with Gasteiger partial charge in [-0.1, -0.05) is 13.0 Å². The van der Waals surface area contributed by atoms with Gasteiger partial charge < -0.3 is 19.7 Å². The molecular formula is C24H30ClFO6. The minimum absolute atomic E-state index is 0.0377. The van der Waals surface area contributed by atoms with Crippen LogP contribution in [0.3, 0.4) is 0 Å². The van der Waals surface area contributed by atoms with Crippen molar-refractivity contribution in [1.82, 2.24) is 0 Å². The highest BCUT2D eigenvalue weighted by Crippen LogP contribution is 2.72. The average Bonchev–Trinajstić information content (AvgIpc) is 3.11. The van der Waals surface area contributed by atoms with Gasteiger partial charge >= 0.3 is 0 Å². The van der Waals surface area contributed by atoms with E-state index in [1.54, 1.807) is 26.8 Å². The molecule has 3 saturated carbocycles. The first-order chi connectivity index (χ1) is 14.8. The molecule has 4 aliphatic carbocycles. The smallest absolute Gasteiger partial charge is 0.193 e. The van der Waals surface area contributed by atoms with E-state index in [1.807, 2.05) is 6.92 Å². The van der Waals surface area contributed by atoms with E-state index < -0.39 is 63.8 Å². The first-order valence-electron chi connectivity index (χ1n) is 11.3. The lowest BCUT2D eigenvalue weighted by Gasteiger charge is -2.63. The molecule has 9 atom stereocenters. The molecule has 5 rings (SSSR count). The maximum atomic E-state index is 17.2. The van der Waals surface area contributed by atoms with Crippen LogP contribution in [0.25, 0.3) is 0 Å². The van der Waals surface area contributed by atoms with E-state index in [0.29, 0.717) is 12.0 Å². The van der Waals surface area contributed by atoms with Crippen molar-refractivity contribution in [2.24, 2.45) is 22.7 Å². The first kappa shape index (κ1) is 22.7. The van der Waals surface area contributed by atoms with Gasteiger partial charge in [0.15, 0.2) is 28.6 Å². The predicted molar refractivity (Wildman–Crippen MR) is 114 cm³/mol. The van der Waals surface area contributed by atoms with Gasteiger partial charge in [0.1, 0.15) is 6.61 Å². The molecule has 0 spiro atoms. The standard InChI is InChI=1S/C24H30ClFO6/c1-20(2)31-19-9-13-14-8-16(25)15-7-12(28)5-6-21(15,3)23(14,26)17(29)10-22(13,4)24(19,32-20)18(30)11-27/h5-7,13-14,16-17,19,27,29H,8-11H2,1-4H3/t13-,14-,16-,17-,19+,21-,22-,23-,24+/m0/s1. The van der Waals surface area contributed by atoms with Crippen molar-refractivity contribution in [2.45, 2.75) is 81.6 Å². The van der Waals surface area contributed by atoms with Crippen LogP contribution in [0.2, 0.25) is 0 Å². The van der Waals surface area contributed by atoms with Gasteiger partial charge in [-0.15, -0.1) is 11.6 Å². The number of aliphatic hydroxyl groups excluding tert-OH is 2. The SMILES string of the molecule is CC1(C)O[C@@H]2C[C@H]3[C@@H]4C[C@H](Cl)C5=CC(=O)C=C[C@]5(C)[C@@]4(F)[C@@H](O)C[C@]3(C)[C@]2(C(=O)CO)O1. The Kier molecular flexibility index (Phi) is 4.61. The minimum atomic E-state index is -2.08. The van der Waals surface area contributed by atoms with Crippen molar-refractivity contribution >= 4 is 23.2 Å². The van der Waals surface area contributed by atoms with Crippen molar-refractivity contribution in [3.8, 4) is 0 Å². The maximum Gasteiger partial charge on any atom is 0.193 e. The van der Waals surface area contributed by atoms with Gasteiger partial charge in [0.25, 0.3) is 0 Å². The Labute approximate surface area is 191 Å². The van der Waals surface area contributed by atoms with E-state index in [1.165, 1.54) is 12.2 Å². The number of carbonyl (C=O) groups excluding carboxylic acids is 2. The summed E-state index contributed by atoms with van der Waals surface area (Å²) in [6.07, 6.45) is 2.72. The Morgan fingerprint density at radius 2 is 1.94 bits per heavy atom. The highest BCUT2D eigenvalue weighted by molar-refractivity contribution is 6.23. The van der Waals surface area contributed by atoms with E-state index in [0.717, 1.165) is 0 Å². The average molecular weight is 469 g/mol. The van der Waals surface area contributed by atoms with Crippen LogP contribution in [-0.4, -0.2) is 63.0 Å². The quantitative estimate of drug-likeness (QED) is 0.605. The van der Waals surface area contributed by atoms with Crippen LogP contribution in [0, 0.1) is 22.7 Å². The lowest BCUT2D eigenvalue weighted by atomic mass is 9.44. The molecule has 0 unspecified atom stereocenters. The van der Waals surface area contributed by atoms with Crippen LogP contribution in [0.15, 0.2) is 23.8 Å². The number of allylic oxidation sites excluding steroid dienone is 4. The molecule has 6 nitrogen and oxygen atoms in total. The summed E-state index contributed by atoms with van der Waals surface area (Å²) in [6.45, 7) is 6.23. The number of Topliss-reactive ketones (excluding diaryl/α,β-unsaturated/α-hetero) is 1. The number of halogens is 2. The van der Waals surface area contributed by atoms with E-state index in [2.05, 4.69) is 0 Å². The fraction of sp³-hybridized carbons (Fsp3) is 0.750. The van der Waals surface area contributed by atoms with Crippen molar-refractivity contribution in [3.63, 3.8) is 0 Å². The number of fused-ring (bicyclic) bond motifs is 7. The maximum absolute atomic E-state index is 17.2. The number of hydrogen-bond donors (Lipinski definition) is 2. The summed E-state index contributed by atoms with van der Waals surface area (Å²) < 4.78 is 29.6. The summed E-state index contributed by atoms with van der Waals surface area (Å²) in [6, 6.07) is 0. The third-order valence-electron chi connectivity index (χ3n) is 9.18. The molecule has 0 aromatic rings. The molecule has 0 amide bonds. The second-order valence-corrected chi connectivity index (χ2v) is 11.5. The zero-order chi connectivity index (χ0) is 23.5. The third-order valence-corrected chi connectivity index (χ3v) is 9.59. The number of ether oxygens (including phenoxy) is 2. The van der Waals surface area contributed by atoms with E-state index in [-0.39, 0.29) is 24.5 Å². The summed E-state index contributed by atoms with van der Waals surface area (Å²) in [5, 5.41) is 20.7. The molecule has 0 aromatic heterocycles. The topological polar surface area (TPSA) is 93.1 Å². The van der Waals surface area contributed by atoms with Crippen molar-refractivity contribution in [1.29, 1.82) is 0 Å². The predicted octanol–water partition coefficient (Wildman–Crippen LogP) is 2.64. The molecule has 0 aromatic carbocycles. The van der Waals surface area contributed by atoms with Crippen LogP contribution in [0.1, 0.15) is 47.0 Å². The van der Waals surface area contributed by atoms with Gasteiger partial charge in [-0.25, -0.2) is 4.39 Å². The molecule has 1 heterocycles. The molecule has 176 valence electrons. The van der Waals surface area contributed by atoms with Crippen LogP contribution >= 0.6 is 11.6 Å². The highest BCUT2D eigenvalue weighted by atomic mass is 35.5. The second kappa shape index (κ2) is 6.51. The van der Waals surface area contributed by atoms with E-state index in [9.17, 15) is 19.8 Å². The van der Waals surface area contributed by atoms with Gasteiger partial charge in [0.05, 0.1) is 17.6 Å².